The van der Waals surface area contributed by atoms with Gasteiger partial charge in [0.15, 0.2) is 0 Å². The van der Waals surface area contributed by atoms with E-state index in [9.17, 15) is 9.59 Å². The van der Waals surface area contributed by atoms with E-state index in [1.165, 1.54) is 5.56 Å². The molecule has 0 bridgehead atoms. The highest BCUT2D eigenvalue weighted by atomic mass is 16.2. The normalized spacial score (nSPS) is 16.7. The first-order valence-electron chi connectivity index (χ1n) is 7.80. The Morgan fingerprint density at radius 1 is 1.32 bits per heavy atom. The summed E-state index contributed by atoms with van der Waals surface area (Å²) < 4.78 is 0. The highest BCUT2D eigenvalue weighted by Gasteiger charge is 2.31. The van der Waals surface area contributed by atoms with Gasteiger partial charge in [0.1, 0.15) is 6.42 Å². The van der Waals surface area contributed by atoms with Crippen LogP contribution in [0.5, 0.6) is 0 Å². The van der Waals surface area contributed by atoms with Gasteiger partial charge in [-0.05, 0) is 52.0 Å². The number of rotatable bonds is 6. The topological polar surface area (TPSA) is 52.7 Å². The van der Waals surface area contributed by atoms with E-state index in [2.05, 4.69) is 10.2 Å². The molecule has 1 aliphatic rings. The number of benzene rings is 1. The Bertz CT molecular complexity index is 542. The summed E-state index contributed by atoms with van der Waals surface area (Å²) >= 11 is 0. The molecule has 5 heteroatoms. The zero-order chi connectivity index (χ0) is 16.1. The van der Waals surface area contributed by atoms with E-state index in [4.69, 9.17) is 0 Å². The van der Waals surface area contributed by atoms with E-state index >= 15 is 0 Å². The van der Waals surface area contributed by atoms with Gasteiger partial charge >= 0.3 is 0 Å². The second kappa shape index (κ2) is 7.40. The van der Waals surface area contributed by atoms with Crippen molar-refractivity contribution < 1.29 is 9.59 Å². The van der Waals surface area contributed by atoms with Crippen LogP contribution in [0.4, 0.5) is 5.69 Å². The molecule has 0 aromatic heterocycles. The number of carbonyl (C=O) groups is 2. The molecular weight excluding hydrogens is 278 g/mol. The molecule has 0 saturated heterocycles. The number of anilines is 1. The average molecular weight is 303 g/mol. The second-order valence-electron chi connectivity index (χ2n) is 6.13. The van der Waals surface area contributed by atoms with E-state index in [0.29, 0.717) is 6.54 Å². The molecule has 2 rings (SSSR count). The number of nitrogens with one attached hydrogen (secondary N) is 1. The van der Waals surface area contributed by atoms with Crippen LogP contribution in [0.25, 0.3) is 0 Å². The Balaban J connectivity index is 1.86. The molecule has 0 fully saturated rings. The van der Waals surface area contributed by atoms with Crippen molar-refractivity contribution in [3.8, 4) is 0 Å². The molecule has 1 heterocycles. The van der Waals surface area contributed by atoms with Gasteiger partial charge in [-0.15, -0.1) is 0 Å². The van der Waals surface area contributed by atoms with Gasteiger partial charge < -0.3 is 15.1 Å². The third-order valence-corrected chi connectivity index (χ3v) is 3.89. The molecule has 0 radical (unpaired) electrons. The second-order valence-corrected chi connectivity index (χ2v) is 6.13. The number of para-hydroxylation sites is 1. The third-order valence-electron chi connectivity index (χ3n) is 3.89. The Morgan fingerprint density at radius 2 is 2.05 bits per heavy atom. The predicted octanol–water partition coefficient (Wildman–Crippen LogP) is 1.42. The van der Waals surface area contributed by atoms with Crippen LogP contribution in [0, 0.1) is 0 Å². The van der Waals surface area contributed by atoms with Gasteiger partial charge in [0, 0.05) is 18.3 Å². The van der Waals surface area contributed by atoms with Crippen LogP contribution in [0.2, 0.25) is 0 Å². The van der Waals surface area contributed by atoms with Gasteiger partial charge in [0.05, 0.1) is 0 Å². The fourth-order valence-corrected chi connectivity index (χ4v) is 2.85. The minimum Gasteiger partial charge on any atom is -0.356 e. The van der Waals surface area contributed by atoms with Crippen molar-refractivity contribution in [2.45, 2.75) is 32.2 Å². The highest BCUT2D eigenvalue weighted by molar-refractivity contribution is 6.06. The highest BCUT2D eigenvalue weighted by Crippen LogP contribution is 2.32. The Hall–Kier alpha value is -1.88. The number of hydrogen-bond acceptors (Lipinski definition) is 3. The molecule has 22 heavy (non-hydrogen) atoms. The molecule has 120 valence electrons. The van der Waals surface area contributed by atoms with E-state index in [1.807, 2.05) is 45.3 Å². The first kappa shape index (κ1) is 16.5. The summed E-state index contributed by atoms with van der Waals surface area (Å²) in [5.41, 5.74) is 2.12. The molecule has 0 aliphatic carbocycles. The lowest BCUT2D eigenvalue weighted by molar-refractivity contribution is -0.128. The Kier molecular flexibility index (Phi) is 5.55. The molecular formula is C17H25N3O2. The lowest BCUT2D eigenvalue weighted by Gasteiger charge is -2.22. The monoisotopic (exact) mass is 303 g/mol. The van der Waals surface area contributed by atoms with Crippen molar-refractivity contribution in [1.82, 2.24) is 10.2 Å². The standard InChI is InChI=1S/C17H25N3O2/c1-13-11-14-7-4-5-8-15(14)20(13)17(22)12-16(21)18-9-6-10-19(2)3/h4-5,7-8,13H,6,9-12H2,1-3H3,(H,18,21). The van der Waals surface area contributed by atoms with Gasteiger partial charge in [-0.1, -0.05) is 18.2 Å². The van der Waals surface area contributed by atoms with Gasteiger partial charge in [-0.25, -0.2) is 0 Å². The van der Waals surface area contributed by atoms with Crippen molar-refractivity contribution >= 4 is 17.5 Å². The quantitative estimate of drug-likeness (QED) is 0.639. The largest absolute Gasteiger partial charge is 0.356 e. The molecule has 0 spiro atoms. The van der Waals surface area contributed by atoms with Crippen molar-refractivity contribution in [2.75, 3.05) is 32.1 Å². The molecule has 1 aliphatic heterocycles. The molecule has 1 N–H and O–H groups in total. The van der Waals surface area contributed by atoms with Gasteiger partial charge in [0.2, 0.25) is 11.8 Å². The summed E-state index contributed by atoms with van der Waals surface area (Å²) in [5.74, 6) is -0.317. The maximum absolute atomic E-state index is 12.4. The minimum absolute atomic E-state index is 0.0827. The predicted molar refractivity (Wildman–Crippen MR) is 87.9 cm³/mol. The summed E-state index contributed by atoms with van der Waals surface area (Å²) in [5, 5.41) is 2.82. The fourth-order valence-electron chi connectivity index (χ4n) is 2.85. The maximum atomic E-state index is 12.4. The minimum atomic E-state index is -0.194. The van der Waals surface area contributed by atoms with Crippen LogP contribution in [0.15, 0.2) is 24.3 Å². The molecule has 1 atom stereocenters. The van der Waals surface area contributed by atoms with Crippen LogP contribution < -0.4 is 10.2 Å². The maximum Gasteiger partial charge on any atom is 0.236 e. The molecule has 1 aromatic rings. The third kappa shape index (κ3) is 4.07. The Morgan fingerprint density at radius 3 is 2.77 bits per heavy atom. The lowest BCUT2D eigenvalue weighted by Crippen LogP contribution is -2.39. The Labute approximate surface area is 132 Å². The van der Waals surface area contributed by atoms with Gasteiger partial charge in [0.25, 0.3) is 0 Å². The van der Waals surface area contributed by atoms with E-state index in [1.54, 1.807) is 4.90 Å². The molecule has 5 nitrogen and oxygen atoms in total. The molecule has 0 saturated carbocycles. The average Bonchev–Trinajstić information content (AvgIpc) is 2.79. The van der Waals surface area contributed by atoms with Crippen LogP contribution >= 0.6 is 0 Å². The van der Waals surface area contributed by atoms with Crippen LogP contribution in [-0.2, 0) is 16.0 Å². The van der Waals surface area contributed by atoms with E-state index in [-0.39, 0.29) is 24.3 Å². The van der Waals surface area contributed by atoms with Crippen LogP contribution in [0.1, 0.15) is 25.3 Å². The zero-order valence-electron chi connectivity index (χ0n) is 13.6. The first-order valence-corrected chi connectivity index (χ1v) is 7.80. The van der Waals surface area contributed by atoms with Crippen LogP contribution in [0.3, 0.4) is 0 Å². The summed E-state index contributed by atoms with van der Waals surface area (Å²) in [6, 6.07) is 8.02. The first-order chi connectivity index (χ1) is 10.5. The molecule has 1 aromatic carbocycles. The lowest BCUT2D eigenvalue weighted by atomic mass is 10.1. The van der Waals surface area contributed by atoms with E-state index < -0.39 is 0 Å². The van der Waals surface area contributed by atoms with Gasteiger partial charge in [-0.2, -0.15) is 0 Å². The number of nitrogens with zero attached hydrogens (tertiary/aromatic N) is 2. The van der Waals surface area contributed by atoms with Crippen molar-refractivity contribution in [1.29, 1.82) is 0 Å². The van der Waals surface area contributed by atoms with E-state index in [0.717, 1.165) is 25.1 Å². The SMILES string of the molecule is CC1Cc2ccccc2N1C(=O)CC(=O)NCCCN(C)C. The summed E-state index contributed by atoms with van der Waals surface area (Å²) in [4.78, 5) is 28.2. The number of amides is 2. The number of fused-ring (bicyclic) bond motifs is 1. The van der Waals surface area contributed by atoms with Crippen molar-refractivity contribution in [3.63, 3.8) is 0 Å². The summed E-state index contributed by atoms with van der Waals surface area (Å²) in [7, 11) is 4.00. The molecule has 1 unspecified atom stereocenters. The number of hydrogen-bond donors (Lipinski definition) is 1. The van der Waals surface area contributed by atoms with Crippen molar-refractivity contribution in [3.05, 3.63) is 29.8 Å². The van der Waals surface area contributed by atoms with Gasteiger partial charge in [-0.3, -0.25) is 9.59 Å². The summed E-state index contributed by atoms with van der Waals surface area (Å²) in [6.07, 6.45) is 1.66. The number of carbonyl (C=O) groups excluding carboxylic acids is 2. The smallest absolute Gasteiger partial charge is 0.236 e. The molecule has 2 amide bonds. The zero-order valence-corrected chi connectivity index (χ0v) is 13.6. The van der Waals surface area contributed by atoms with Crippen molar-refractivity contribution in [2.24, 2.45) is 0 Å². The van der Waals surface area contributed by atoms with Crippen LogP contribution in [-0.4, -0.2) is 49.9 Å². The summed E-state index contributed by atoms with van der Waals surface area (Å²) in [6.45, 7) is 3.55. The fraction of sp³-hybridized carbons (Fsp3) is 0.529.